The van der Waals surface area contributed by atoms with Crippen LogP contribution in [0.1, 0.15) is 21.7 Å². The molecule has 2 aromatic rings. The van der Waals surface area contributed by atoms with Crippen LogP contribution in [0.4, 0.5) is 0 Å². The van der Waals surface area contributed by atoms with Gasteiger partial charge in [-0.25, -0.2) is 0 Å². The Morgan fingerprint density at radius 3 is 2.74 bits per heavy atom. The number of hydrogen-bond donors (Lipinski definition) is 1. The minimum atomic E-state index is 0.748. The minimum Gasteiger partial charge on any atom is -0.496 e. The van der Waals surface area contributed by atoms with E-state index in [0.717, 1.165) is 39.4 Å². The van der Waals surface area contributed by atoms with Crippen LogP contribution >= 0.6 is 27.3 Å². The summed E-state index contributed by atoms with van der Waals surface area (Å²) < 4.78 is 6.58. The molecule has 2 rings (SSSR count). The maximum Gasteiger partial charge on any atom is 0.128 e. The lowest BCUT2D eigenvalue weighted by atomic mass is 10.1. The highest BCUT2D eigenvalue weighted by atomic mass is 79.9. The summed E-state index contributed by atoms with van der Waals surface area (Å²) in [5, 5.41) is 3.41. The van der Waals surface area contributed by atoms with Crippen molar-refractivity contribution in [2.24, 2.45) is 0 Å². The van der Waals surface area contributed by atoms with Gasteiger partial charge >= 0.3 is 0 Å². The fraction of sp³-hybridized carbons (Fsp3) is 0.357. The molecular weight excluding hydrogens is 324 g/mol. The third-order valence-electron chi connectivity index (χ3n) is 2.97. The summed E-state index contributed by atoms with van der Waals surface area (Å²) in [6.07, 6.45) is 1.87. The first-order valence-corrected chi connectivity index (χ1v) is 7.66. The van der Waals surface area contributed by atoms with E-state index in [1.807, 2.05) is 13.1 Å². The predicted molar refractivity (Wildman–Crippen MR) is 82.8 cm³/mol. The Morgan fingerprint density at radius 1 is 1.32 bits per heavy atom. The van der Waals surface area contributed by atoms with Crippen LogP contribution in [0.5, 0.6) is 5.75 Å². The van der Waals surface area contributed by atoms with Gasteiger partial charge in [-0.2, -0.15) is 0 Å². The molecule has 0 amide bonds. The highest BCUT2D eigenvalue weighted by molar-refractivity contribution is 9.11. The van der Waals surface area contributed by atoms with E-state index < -0.39 is 0 Å². The Morgan fingerprint density at radius 2 is 2.11 bits per heavy atom. The number of thiophene rings is 1. The van der Waals surface area contributed by atoms with Gasteiger partial charge in [0.25, 0.3) is 0 Å². The van der Waals surface area contributed by atoms with Crippen molar-refractivity contribution < 1.29 is 4.74 Å². The van der Waals surface area contributed by atoms with Gasteiger partial charge in [-0.05, 0) is 41.9 Å². The number of aromatic nitrogens is 1. The maximum atomic E-state index is 5.41. The average Bonchev–Trinajstić information content (AvgIpc) is 2.79. The van der Waals surface area contributed by atoms with Crippen LogP contribution in [0.25, 0.3) is 0 Å². The molecule has 0 aromatic carbocycles. The van der Waals surface area contributed by atoms with Gasteiger partial charge in [-0.3, -0.25) is 4.98 Å². The van der Waals surface area contributed by atoms with Crippen LogP contribution in [0, 0.1) is 13.8 Å². The number of ether oxygens (including phenoxy) is 1. The summed E-state index contributed by atoms with van der Waals surface area (Å²) in [5.41, 5.74) is 3.23. The van der Waals surface area contributed by atoms with Crippen LogP contribution in [-0.4, -0.2) is 12.1 Å². The van der Waals surface area contributed by atoms with Gasteiger partial charge in [0.15, 0.2) is 0 Å². The average molecular weight is 341 g/mol. The van der Waals surface area contributed by atoms with E-state index in [2.05, 4.69) is 45.3 Å². The van der Waals surface area contributed by atoms with Crippen LogP contribution in [0.15, 0.2) is 22.1 Å². The van der Waals surface area contributed by atoms with E-state index in [1.54, 1.807) is 18.4 Å². The first kappa shape index (κ1) is 14.5. The Bertz CT molecular complexity index is 569. The molecule has 1 N–H and O–H groups in total. The molecule has 102 valence electrons. The zero-order chi connectivity index (χ0) is 13.8. The van der Waals surface area contributed by atoms with Crippen molar-refractivity contribution in [3.63, 3.8) is 0 Å². The van der Waals surface area contributed by atoms with E-state index >= 15 is 0 Å². The van der Waals surface area contributed by atoms with Crippen molar-refractivity contribution in [2.45, 2.75) is 26.9 Å². The first-order valence-electron chi connectivity index (χ1n) is 6.05. The van der Waals surface area contributed by atoms with Gasteiger partial charge in [-0.1, -0.05) is 0 Å². The van der Waals surface area contributed by atoms with E-state index in [0.29, 0.717) is 0 Å². The fourth-order valence-corrected chi connectivity index (χ4v) is 3.45. The molecule has 0 fully saturated rings. The van der Waals surface area contributed by atoms with Crippen molar-refractivity contribution >= 4 is 27.3 Å². The molecule has 0 atom stereocenters. The van der Waals surface area contributed by atoms with Crippen molar-refractivity contribution in [3.8, 4) is 5.75 Å². The van der Waals surface area contributed by atoms with E-state index in [9.17, 15) is 0 Å². The molecule has 5 heteroatoms. The Balaban J connectivity index is 2.00. The lowest BCUT2D eigenvalue weighted by molar-refractivity contribution is 0.406. The SMILES string of the molecule is COc1c(C)cnc(CNCc2ccc(Br)s2)c1C. The molecule has 0 unspecified atom stereocenters. The van der Waals surface area contributed by atoms with Crippen molar-refractivity contribution in [2.75, 3.05) is 7.11 Å². The molecule has 2 aromatic heterocycles. The first-order chi connectivity index (χ1) is 9.11. The van der Waals surface area contributed by atoms with Crippen molar-refractivity contribution in [1.29, 1.82) is 0 Å². The topological polar surface area (TPSA) is 34.1 Å². The molecular formula is C14H17BrN2OS. The van der Waals surface area contributed by atoms with Gasteiger partial charge in [-0.15, -0.1) is 11.3 Å². The molecule has 0 bridgehead atoms. The van der Waals surface area contributed by atoms with Crippen molar-refractivity contribution in [1.82, 2.24) is 10.3 Å². The summed E-state index contributed by atoms with van der Waals surface area (Å²) in [5.74, 6) is 0.936. The molecule has 0 saturated carbocycles. The van der Waals surface area contributed by atoms with Crippen LogP contribution in [-0.2, 0) is 13.1 Å². The lowest BCUT2D eigenvalue weighted by Crippen LogP contribution is -2.14. The van der Waals surface area contributed by atoms with Gasteiger partial charge < -0.3 is 10.1 Å². The molecule has 0 radical (unpaired) electrons. The van der Waals surface area contributed by atoms with E-state index in [4.69, 9.17) is 4.74 Å². The van der Waals surface area contributed by atoms with Crippen LogP contribution in [0.3, 0.4) is 0 Å². The molecule has 0 saturated heterocycles. The number of nitrogens with zero attached hydrogens (tertiary/aromatic N) is 1. The fourth-order valence-electron chi connectivity index (χ4n) is 2.00. The third-order valence-corrected chi connectivity index (χ3v) is 4.59. The quantitative estimate of drug-likeness (QED) is 0.898. The Hall–Kier alpha value is -0.910. The molecule has 0 aliphatic rings. The maximum absolute atomic E-state index is 5.41. The monoisotopic (exact) mass is 340 g/mol. The summed E-state index contributed by atoms with van der Waals surface area (Å²) in [6.45, 7) is 5.67. The normalized spacial score (nSPS) is 10.7. The number of pyridine rings is 1. The highest BCUT2D eigenvalue weighted by Gasteiger charge is 2.09. The summed E-state index contributed by atoms with van der Waals surface area (Å²) >= 11 is 5.22. The largest absolute Gasteiger partial charge is 0.496 e. The number of rotatable bonds is 5. The molecule has 19 heavy (non-hydrogen) atoms. The van der Waals surface area contributed by atoms with E-state index in [-0.39, 0.29) is 0 Å². The number of aryl methyl sites for hydroxylation is 1. The van der Waals surface area contributed by atoms with Gasteiger partial charge in [0.1, 0.15) is 5.75 Å². The molecule has 0 aliphatic heterocycles. The molecule has 2 heterocycles. The van der Waals surface area contributed by atoms with Gasteiger partial charge in [0.2, 0.25) is 0 Å². The molecule has 0 spiro atoms. The van der Waals surface area contributed by atoms with Gasteiger partial charge in [0.05, 0.1) is 16.6 Å². The number of nitrogens with one attached hydrogen (secondary N) is 1. The minimum absolute atomic E-state index is 0.748. The molecule has 3 nitrogen and oxygen atoms in total. The number of hydrogen-bond acceptors (Lipinski definition) is 4. The highest BCUT2D eigenvalue weighted by Crippen LogP contribution is 2.24. The standard InChI is InChI=1S/C14H17BrN2OS/c1-9-6-17-12(10(2)14(9)18-3)8-16-7-11-4-5-13(15)19-11/h4-6,16H,7-8H2,1-3H3. The lowest BCUT2D eigenvalue weighted by Gasteiger charge is -2.12. The second-order valence-electron chi connectivity index (χ2n) is 4.36. The van der Waals surface area contributed by atoms with Crippen LogP contribution in [0.2, 0.25) is 0 Å². The second-order valence-corrected chi connectivity index (χ2v) is 6.90. The smallest absolute Gasteiger partial charge is 0.128 e. The summed E-state index contributed by atoms with van der Waals surface area (Å²) in [7, 11) is 1.70. The van der Waals surface area contributed by atoms with Crippen molar-refractivity contribution in [3.05, 3.63) is 43.8 Å². The Kier molecular flexibility index (Phi) is 4.96. The summed E-state index contributed by atoms with van der Waals surface area (Å²) in [4.78, 5) is 5.78. The number of methoxy groups -OCH3 is 1. The Labute approximate surface area is 126 Å². The predicted octanol–water partition coefficient (Wildman–Crippen LogP) is 3.82. The zero-order valence-electron chi connectivity index (χ0n) is 11.3. The molecule has 0 aliphatic carbocycles. The second kappa shape index (κ2) is 6.50. The third kappa shape index (κ3) is 3.55. The van der Waals surface area contributed by atoms with Gasteiger partial charge in [0, 0.05) is 35.3 Å². The zero-order valence-corrected chi connectivity index (χ0v) is 13.7. The van der Waals surface area contributed by atoms with E-state index in [1.165, 1.54) is 4.88 Å². The van der Waals surface area contributed by atoms with Crippen LogP contribution < -0.4 is 10.1 Å². The summed E-state index contributed by atoms with van der Waals surface area (Å²) in [6, 6.07) is 4.19. The number of halogens is 1.